The molecule has 0 unspecified atom stereocenters. The Balaban J connectivity index is 2.12. The van der Waals surface area contributed by atoms with Gasteiger partial charge < -0.3 is 14.6 Å². The van der Waals surface area contributed by atoms with E-state index in [1.807, 2.05) is 30.7 Å². The molecule has 1 heterocycles. The van der Waals surface area contributed by atoms with Gasteiger partial charge in [0.2, 0.25) is 0 Å². The highest BCUT2D eigenvalue weighted by atomic mass is 16.5. The van der Waals surface area contributed by atoms with Crippen LogP contribution >= 0.6 is 0 Å². The average molecular weight is 288 g/mol. The van der Waals surface area contributed by atoms with Crippen molar-refractivity contribution < 1.29 is 9.53 Å². The molecule has 114 valence electrons. The van der Waals surface area contributed by atoms with Gasteiger partial charge in [0, 0.05) is 18.3 Å². The van der Waals surface area contributed by atoms with E-state index in [0.717, 1.165) is 30.4 Å². The maximum atomic E-state index is 11.8. The number of esters is 1. The summed E-state index contributed by atoms with van der Waals surface area (Å²) >= 11 is 0. The normalized spacial score (nSPS) is 11.2. The van der Waals surface area contributed by atoms with Crippen molar-refractivity contribution in [3.63, 3.8) is 0 Å². The predicted molar refractivity (Wildman–Crippen MR) is 85.2 cm³/mol. The lowest BCUT2D eigenvalue weighted by Gasteiger charge is -2.10. The molecule has 0 saturated carbocycles. The first-order chi connectivity index (χ1) is 10.1. The van der Waals surface area contributed by atoms with Crippen molar-refractivity contribution in [3.05, 3.63) is 36.0 Å². The summed E-state index contributed by atoms with van der Waals surface area (Å²) in [6.07, 6.45) is 2.99. The van der Waals surface area contributed by atoms with Crippen LogP contribution in [0.3, 0.4) is 0 Å². The van der Waals surface area contributed by atoms with Gasteiger partial charge in [-0.1, -0.05) is 19.1 Å². The monoisotopic (exact) mass is 288 g/mol. The summed E-state index contributed by atoms with van der Waals surface area (Å²) in [5, 5.41) is 4.54. The Kier molecular flexibility index (Phi) is 5.39. The number of nitrogens with zero attached hydrogens (tertiary/aromatic N) is 1. The van der Waals surface area contributed by atoms with Crippen LogP contribution in [0, 0.1) is 0 Å². The smallest absolute Gasteiger partial charge is 0.326 e. The Hall–Kier alpha value is -1.81. The standard InChI is InChI=1S/C17H24N2O2/c1-4-8-18-11-14-5-6-15-7-9-19(16(15)10-14)12-17(20)21-13(2)3/h5-7,9-10,13,18H,4,8,11-12H2,1-3H3. The molecule has 0 bridgehead atoms. The van der Waals surface area contributed by atoms with Gasteiger partial charge in [-0.05, 0) is 49.9 Å². The van der Waals surface area contributed by atoms with Crippen LogP contribution < -0.4 is 5.32 Å². The predicted octanol–water partition coefficient (Wildman–Crippen LogP) is 3.09. The highest BCUT2D eigenvalue weighted by Gasteiger charge is 2.09. The number of carbonyl (C=O) groups is 1. The van der Waals surface area contributed by atoms with E-state index in [4.69, 9.17) is 4.74 Å². The fourth-order valence-electron chi connectivity index (χ4n) is 2.33. The van der Waals surface area contributed by atoms with E-state index in [0.29, 0.717) is 0 Å². The molecule has 2 aromatic rings. The zero-order chi connectivity index (χ0) is 15.2. The van der Waals surface area contributed by atoms with Gasteiger partial charge in [0.1, 0.15) is 6.54 Å². The van der Waals surface area contributed by atoms with E-state index in [1.165, 1.54) is 5.56 Å². The van der Waals surface area contributed by atoms with Crippen molar-refractivity contribution >= 4 is 16.9 Å². The first kappa shape index (κ1) is 15.6. The first-order valence-electron chi connectivity index (χ1n) is 7.58. The minimum atomic E-state index is -0.197. The number of carbonyl (C=O) groups excluding carboxylic acids is 1. The lowest BCUT2D eigenvalue weighted by molar-refractivity contribution is -0.148. The molecule has 4 nitrogen and oxygen atoms in total. The van der Waals surface area contributed by atoms with Crippen molar-refractivity contribution in [1.82, 2.24) is 9.88 Å². The van der Waals surface area contributed by atoms with Crippen LogP contribution in [0.2, 0.25) is 0 Å². The highest BCUT2D eigenvalue weighted by Crippen LogP contribution is 2.18. The van der Waals surface area contributed by atoms with Crippen molar-refractivity contribution in [2.24, 2.45) is 0 Å². The van der Waals surface area contributed by atoms with Gasteiger partial charge in [-0.3, -0.25) is 4.79 Å². The zero-order valence-corrected chi connectivity index (χ0v) is 13.1. The van der Waals surface area contributed by atoms with Gasteiger partial charge in [-0.25, -0.2) is 0 Å². The number of fused-ring (bicyclic) bond motifs is 1. The summed E-state index contributed by atoms with van der Waals surface area (Å²) in [6.45, 7) is 8.01. The molecule has 0 aliphatic carbocycles. The van der Waals surface area contributed by atoms with E-state index in [2.05, 4.69) is 30.4 Å². The summed E-state index contributed by atoms with van der Waals surface area (Å²) in [6, 6.07) is 8.40. The molecule has 1 aromatic carbocycles. The van der Waals surface area contributed by atoms with Crippen LogP contribution in [-0.2, 0) is 22.6 Å². The Bertz CT molecular complexity index is 602. The first-order valence-corrected chi connectivity index (χ1v) is 7.58. The summed E-state index contributed by atoms with van der Waals surface area (Å²) in [5.74, 6) is -0.197. The number of ether oxygens (including phenoxy) is 1. The molecule has 0 atom stereocenters. The number of aromatic nitrogens is 1. The van der Waals surface area contributed by atoms with Gasteiger partial charge in [-0.15, -0.1) is 0 Å². The van der Waals surface area contributed by atoms with Crippen molar-refractivity contribution in [1.29, 1.82) is 0 Å². The second-order valence-corrected chi connectivity index (χ2v) is 5.55. The van der Waals surface area contributed by atoms with E-state index < -0.39 is 0 Å². The molecule has 1 aromatic heterocycles. The van der Waals surface area contributed by atoms with E-state index in [9.17, 15) is 4.79 Å². The topological polar surface area (TPSA) is 43.3 Å². The second kappa shape index (κ2) is 7.27. The van der Waals surface area contributed by atoms with Crippen molar-refractivity contribution in [2.45, 2.75) is 46.4 Å². The molecule has 0 aliphatic heterocycles. The summed E-state index contributed by atoms with van der Waals surface area (Å²) in [5.41, 5.74) is 2.31. The van der Waals surface area contributed by atoms with Gasteiger partial charge >= 0.3 is 5.97 Å². The van der Waals surface area contributed by atoms with Gasteiger partial charge in [0.25, 0.3) is 0 Å². The lowest BCUT2D eigenvalue weighted by Crippen LogP contribution is -2.17. The fourth-order valence-corrected chi connectivity index (χ4v) is 2.33. The van der Waals surface area contributed by atoms with Crippen LogP contribution in [0.25, 0.3) is 10.9 Å². The van der Waals surface area contributed by atoms with Gasteiger partial charge in [0.05, 0.1) is 6.10 Å². The van der Waals surface area contributed by atoms with E-state index >= 15 is 0 Å². The molecule has 21 heavy (non-hydrogen) atoms. The van der Waals surface area contributed by atoms with Crippen molar-refractivity contribution in [2.75, 3.05) is 6.54 Å². The molecule has 2 rings (SSSR count). The van der Waals surface area contributed by atoms with Crippen LogP contribution in [-0.4, -0.2) is 23.2 Å². The Morgan fingerprint density at radius 1 is 1.33 bits per heavy atom. The third-order valence-electron chi connectivity index (χ3n) is 3.26. The largest absolute Gasteiger partial charge is 0.462 e. The Morgan fingerprint density at radius 3 is 2.86 bits per heavy atom. The average Bonchev–Trinajstić information content (AvgIpc) is 2.81. The number of benzene rings is 1. The van der Waals surface area contributed by atoms with Crippen LogP contribution in [0.15, 0.2) is 30.5 Å². The minimum absolute atomic E-state index is 0.0758. The summed E-state index contributed by atoms with van der Waals surface area (Å²) in [4.78, 5) is 11.8. The van der Waals surface area contributed by atoms with Crippen LogP contribution in [0.1, 0.15) is 32.8 Å². The molecule has 0 amide bonds. The molecule has 0 spiro atoms. The molecular formula is C17H24N2O2. The zero-order valence-electron chi connectivity index (χ0n) is 13.1. The summed E-state index contributed by atoms with van der Waals surface area (Å²) < 4.78 is 7.16. The number of nitrogens with one attached hydrogen (secondary N) is 1. The molecular weight excluding hydrogens is 264 g/mol. The Labute approximate surface area is 126 Å². The van der Waals surface area contributed by atoms with Gasteiger partial charge in [-0.2, -0.15) is 0 Å². The number of hydrogen-bond donors (Lipinski definition) is 1. The van der Waals surface area contributed by atoms with Gasteiger partial charge in [0.15, 0.2) is 0 Å². The molecule has 1 N–H and O–H groups in total. The molecule has 0 saturated heterocycles. The highest BCUT2D eigenvalue weighted by molar-refractivity contribution is 5.82. The SMILES string of the molecule is CCCNCc1ccc2ccn(CC(=O)OC(C)C)c2c1. The third-order valence-corrected chi connectivity index (χ3v) is 3.26. The lowest BCUT2D eigenvalue weighted by atomic mass is 10.1. The Morgan fingerprint density at radius 2 is 2.14 bits per heavy atom. The number of hydrogen-bond acceptors (Lipinski definition) is 3. The minimum Gasteiger partial charge on any atom is -0.462 e. The fraction of sp³-hybridized carbons (Fsp3) is 0.471. The maximum absolute atomic E-state index is 11.8. The third kappa shape index (κ3) is 4.33. The van der Waals surface area contributed by atoms with Crippen LogP contribution in [0.4, 0.5) is 0 Å². The van der Waals surface area contributed by atoms with E-state index in [1.54, 1.807) is 0 Å². The quantitative estimate of drug-likeness (QED) is 0.629. The molecule has 0 fully saturated rings. The second-order valence-electron chi connectivity index (χ2n) is 5.55. The molecule has 0 radical (unpaired) electrons. The van der Waals surface area contributed by atoms with Crippen LogP contribution in [0.5, 0.6) is 0 Å². The van der Waals surface area contributed by atoms with Crippen molar-refractivity contribution in [3.8, 4) is 0 Å². The summed E-state index contributed by atoms with van der Waals surface area (Å²) in [7, 11) is 0. The molecule has 4 heteroatoms. The van der Waals surface area contributed by atoms with E-state index in [-0.39, 0.29) is 18.6 Å². The number of rotatable bonds is 7. The maximum Gasteiger partial charge on any atom is 0.326 e. The molecule has 0 aliphatic rings.